The number of hydrazone groups is 1. The molecule has 148 valence electrons. The van der Waals surface area contributed by atoms with Gasteiger partial charge in [0.2, 0.25) is 0 Å². The van der Waals surface area contributed by atoms with Crippen molar-refractivity contribution in [3.8, 4) is 0 Å². The Morgan fingerprint density at radius 2 is 1.87 bits per heavy atom. The number of carbonyl (C=O) groups is 1. The second-order valence-corrected chi connectivity index (χ2v) is 7.21. The first kappa shape index (κ1) is 18.1. The molecule has 5 rings (SSSR count). The van der Waals surface area contributed by atoms with E-state index in [0.29, 0.717) is 11.4 Å². The second kappa shape index (κ2) is 7.15. The fraction of sp³-hybridized carbons (Fsp3) is 0.125. The highest BCUT2D eigenvalue weighted by molar-refractivity contribution is 6.09. The summed E-state index contributed by atoms with van der Waals surface area (Å²) >= 11 is 0. The molecule has 0 aliphatic heterocycles. The number of hydrogen-bond acceptors (Lipinski definition) is 3. The van der Waals surface area contributed by atoms with E-state index in [2.05, 4.69) is 63.4 Å². The van der Waals surface area contributed by atoms with Crippen molar-refractivity contribution in [2.24, 2.45) is 5.10 Å². The zero-order valence-corrected chi connectivity index (χ0v) is 16.8. The van der Waals surface area contributed by atoms with Gasteiger partial charge in [-0.3, -0.25) is 9.20 Å². The number of nitrogens with one attached hydrogen (secondary N) is 1. The maximum absolute atomic E-state index is 12.7. The SMILES string of the molecule is CCn1c2ccccc2c2cc(C=NNC(=O)c3c(C)nc4ccccn34)ccc21. The van der Waals surface area contributed by atoms with Gasteiger partial charge < -0.3 is 4.57 Å². The van der Waals surface area contributed by atoms with E-state index in [1.54, 1.807) is 10.6 Å². The van der Waals surface area contributed by atoms with Crippen LogP contribution in [0.4, 0.5) is 0 Å². The molecule has 0 atom stereocenters. The van der Waals surface area contributed by atoms with E-state index in [1.165, 1.54) is 21.8 Å². The lowest BCUT2D eigenvalue weighted by Crippen LogP contribution is -2.20. The van der Waals surface area contributed by atoms with Gasteiger partial charge in [0.25, 0.3) is 5.91 Å². The van der Waals surface area contributed by atoms with Gasteiger partial charge in [-0.25, -0.2) is 10.4 Å². The Hall–Kier alpha value is -3.93. The van der Waals surface area contributed by atoms with E-state index in [4.69, 9.17) is 0 Å². The Morgan fingerprint density at radius 3 is 2.73 bits per heavy atom. The molecule has 6 heteroatoms. The van der Waals surface area contributed by atoms with Crippen LogP contribution < -0.4 is 5.43 Å². The molecule has 0 unspecified atom stereocenters. The van der Waals surface area contributed by atoms with Crippen LogP contribution in [-0.4, -0.2) is 26.1 Å². The van der Waals surface area contributed by atoms with E-state index in [9.17, 15) is 4.79 Å². The summed E-state index contributed by atoms with van der Waals surface area (Å²) in [5, 5.41) is 6.59. The third-order valence-electron chi connectivity index (χ3n) is 5.41. The highest BCUT2D eigenvalue weighted by Gasteiger charge is 2.15. The van der Waals surface area contributed by atoms with E-state index in [0.717, 1.165) is 17.8 Å². The van der Waals surface area contributed by atoms with Gasteiger partial charge in [-0.2, -0.15) is 5.10 Å². The largest absolute Gasteiger partial charge is 0.341 e. The van der Waals surface area contributed by atoms with Crippen LogP contribution in [0.1, 0.15) is 28.7 Å². The summed E-state index contributed by atoms with van der Waals surface area (Å²) in [5.41, 5.74) is 7.88. The van der Waals surface area contributed by atoms with Crippen LogP contribution in [0.15, 0.2) is 72.0 Å². The van der Waals surface area contributed by atoms with Crippen LogP contribution >= 0.6 is 0 Å². The first-order chi connectivity index (χ1) is 14.7. The second-order valence-electron chi connectivity index (χ2n) is 7.21. The minimum atomic E-state index is -0.286. The summed E-state index contributed by atoms with van der Waals surface area (Å²) in [6.07, 6.45) is 3.50. The number of amides is 1. The van der Waals surface area contributed by atoms with Crippen molar-refractivity contribution < 1.29 is 4.79 Å². The molecule has 0 radical (unpaired) electrons. The van der Waals surface area contributed by atoms with Crippen molar-refractivity contribution in [1.29, 1.82) is 0 Å². The van der Waals surface area contributed by atoms with Crippen LogP contribution in [0.3, 0.4) is 0 Å². The molecule has 0 fully saturated rings. The number of para-hydroxylation sites is 1. The van der Waals surface area contributed by atoms with Crippen LogP contribution in [0.2, 0.25) is 0 Å². The highest BCUT2D eigenvalue weighted by Crippen LogP contribution is 2.29. The molecule has 1 N–H and O–H groups in total. The molecule has 1 amide bonds. The smallest absolute Gasteiger partial charge is 0.290 e. The summed E-state index contributed by atoms with van der Waals surface area (Å²) in [6, 6.07) is 20.3. The number of rotatable bonds is 4. The summed E-state index contributed by atoms with van der Waals surface area (Å²) in [6.45, 7) is 4.88. The predicted molar refractivity (Wildman–Crippen MR) is 120 cm³/mol. The average Bonchev–Trinajstić information content (AvgIpc) is 3.27. The Kier molecular flexibility index (Phi) is 4.32. The predicted octanol–water partition coefficient (Wildman–Crippen LogP) is 4.53. The van der Waals surface area contributed by atoms with Gasteiger partial charge in [0.05, 0.1) is 11.9 Å². The molecule has 0 spiro atoms. The Balaban J connectivity index is 1.45. The van der Waals surface area contributed by atoms with Gasteiger partial charge in [-0.15, -0.1) is 0 Å². The van der Waals surface area contributed by atoms with Gasteiger partial charge in [0.15, 0.2) is 0 Å². The molecule has 3 aromatic heterocycles. The maximum atomic E-state index is 12.7. The van der Waals surface area contributed by atoms with Gasteiger partial charge in [-0.05, 0) is 49.7 Å². The number of imidazole rings is 1. The molecule has 2 aromatic carbocycles. The lowest BCUT2D eigenvalue weighted by atomic mass is 10.1. The zero-order chi connectivity index (χ0) is 20.7. The molecule has 0 bridgehead atoms. The van der Waals surface area contributed by atoms with Crippen molar-refractivity contribution >= 4 is 39.6 Å². The van der Waals surface area contributed by atoms with E-state index >= 15 is 0 Å². The molecule has 3 heterocycles. The number of pyridine rings is 1. The van der Waals surface area contributed by atoms with Crippen LogP contribution in [0.25, 0.3) is 27.5 Å². The summed E-state index contributed by atoms with van der Waals surface area (Å²) in [4.78, 5) is 17.1. The van der Waals surface area contributed by atoms with Crippen molar-refractivity contribution in [1.82, 2.24) is 19.4 Å². The molecule has 0 saturated heterocycles. The van der Waals surface area contributed by atoms with Crippen LogP contribution in [0, 0.1) is 6.92 Å². The summed E-state index contributed by atoms with van der Waals surface area (Å²) in [5.74, 6) is -0.286. The first-order valence-corrected chi connectivity index (χ1v) is 9.95. The number of carbonyl (C=O) groups excluding carboxylic acids is 1. The minimum absolute atomic E-state index is 0.286. The number of aryl methyl sites for hydroxylation is 2. The third kappa shape index (κ3) is 2.85. The summed E-state index contributed by atoms with van der Waals surface area (Å²) in [7, 11) is 0. The Labute approximate surface area is 173 Å². The van der Waals surface area contributed by atoms with Gasteiger partial charge >= 0.3 is 0 Å². The molecule has 6 nitrogen and oxygen atoms in total. The van der Waals surface area contributed by atoms with Gasteiger partial charge in [0, 0.05) is 34.5 Å². The van der Waals surface area contributed by atoms with Crippen LogP contribution in [0.5, 0.6) is 0 Å². The normalized spacial score (nSPS) is 11.8. The first-order valence-electron chi connectivity index (χ1n) is 9.95. The fourth-order valence-corrected chi connectivity index (χ4v) is 4.10. The quantitative estimate of drug-likeness (QED) is 0.359. The zero-order valence-electron chi connectivity index (χ0n) is 16.8. The molecule has 5 aromatic rings. The minimum Gasteiger partial charge on any atom is -0.341 e. The Morgan fingerprint density at radius 1 is 1.07 bits per heavy atom. The van der Waals surface area contributed by atoms with Crippen molar-refractivity contribution in [3.63, 3.8) is 0 Å². The van der Waals surface area contributed by atoms with E-state index in [-0.39, 0.29) is 5.91 Å². The monoisotopic (exact) mass is 395 g/mol. The lowest BCUT2D eigenvalue weighted by molar-refractivity contribution is 0.0948. The van der Waals surface area contributed by atoms with Crippen molar-refractivity contribution in [2.45, 2.75) is 20.4 Å². The molecular weight excluding hydrogens is 374 g/mol. The van der Waals surface area contributed by atoms with Crippen molar-refractivity contribution in [2.75, 3.05) is 0 Å². The van der Waals surface area contributed by atoms with E-state index < -0.39 is 0 Å². The fourth-order valence-electron chi connectivity index (χ4n) is 4.10. The number of benzene rings is 2. The number of nitrogens with zero attached hydrogens (tertiary/aromatic N) is 4. The van der Waals surface area contributed by atoms with Crippen LogP contribution in [-0.2, 0) is 6.54 Å². The molecule has 0 saturated carbocycles. The molecule has 30 heavy (non-hydrogen) atoms. The standard InChI is InChI=1S/C24H21N5O/c1-3-28-20-9-5-4-8-18(20)19-14-17(11-12-21(19)28)15-25-27-24(30)23-16(2)26-22-10-6-7-13-29(22)23/h4-15H,3H2,1-2H3,(H,27,30). The topological polar surface area (TPSA) is 63.7 Å². The molecule has 0 aliphatic carbocycles. The third-order valence-corrected chi connectivity index (χ3v) is 5.41. The lowest BCUT2D eigenvalue weighted by Gasteiger charge is -2.03. The number of fused-ring (bicyclic) bond motifs is 4. The molecular formula is C24H21N5O. The van der Waals surface area contributed by atoms with Gasteiger partial charge in [-0.1, -0.05) is 30.3 Å². The highest BCUT2D eigenvalue weighted by atomic mass is 16.2. The van der Waals surface area contributed by atoms with Crippen molar-refractivity contribution in [3.05, 3.63) is 83.8 Å². The Bertz CT molecular complexity index is 1440. The maximum Gasteiger partial charge on any atom is 0.290 e. The van der Waals surface area contributed by atoms with Gasteiger partial charge in [0.1, 0.15) is 11.3 Å². The number of aromatic nitrogens is 3. The van der Waals surface area contributed by atoms with E-state index in [1.807, 2.05) is 37.4 Å². The average molecular weight is 395 g/mol. The number of hydrogen-bond donors (Lipinski definition) is 1. The molecule has 0 aliphatic rings. The summed E-state index contributed by atoms with van der Waals surface area (Å²) < 4.78 is 4.08.